The van der Waals surface area contributed by atoms with Crippen molar-refractivity contribution in [2.75, 3.05) is 0 Å². The summed E-state index contributed by atoms with van der Waals surface area (Å²) < 4.78 is 13.3. The molecule has 1 aromatic carbocycles. The molecule has 2 heteroatoms. The van der Waals surface area contributed by atoms with Crippen LogP contribution in [0, 0.1) is 11.7 Å². The number of aliphatic hydroxyl groups is 1. The van der Waals surface area contributed by atoms with Crippen LogP contribution < -0.4 is 0 Å². The number of rotatable bonds is 4. The lowest BCUT2D eigenvalue weighted by Crippen LogP contribution is -2.15. The summed E-state index contributed by atoms with van der Waals surface area (Å²) >= 11 is 0. The second-order valence-corrected chi connectivity index (χ2v) is 4.56. The third-order valence-electron chi connectivity index (χ3n) is 3.29. The first-order valence-corrected chi connectivity index (χ1v) is 5.61. The number of halogens is 1. The topological polar surface area (TPSA) is 20.2 Å². The lowest BCUT2D eigenvalue weighted by atomic mass is 10.0. The summed E-state index contributed by atoms with van der Waals surface area (Å²) in [7, 11) is 0. The molecule has 15 heavy (non-hydrogen) atoms. The van der Waals surface area contributed by atoms with Crippen molar-refractivity contribution < 1.29 is 9.50 Å². The van der Waals surface area contributed by atoms with Gasteiger partial charge in [0.2, 0.25) is 0 Å². The van der Waals surface area contributed by atoms with Crippen LogP contribution in [0.4, 0.5) is 4.39 Å². The van der Waals surface area contributed by atoms with Gasteiger partial charge in [-0.1, -0.05) is 31.5 Å². The van der Waals surface area contributed by atoms with Crippen molar-refractivity contribution in [2.45, 2.75) is 38.2 Å². The monoisotopic (exact) mass is 208 g/mol. The Balaban J connectivity index is 2.02. The van der Waals surface area contributed by atoms with Gasteiger partial charge in [0, 0.05) is 6.42 Å². The first-order valence-electron chi connectivity index (χ1n) is 5.61. The Morgan fingerprint density at radius 2 is 2.20 bits per heavy atom. The highest BCUT2D eigenvalue weighted by Gasteiger charge is 2.51. The molecule has 1 saturated carbocycles. The molecule has 1 N–H and O–H groups in total. The van der Waals surface area contributed by atoms with E-state index in [2.05, 4.69) is 6.92 Å². The number of benzene rings is 1. The van der Waals surface area contributed by atoms with E-state index >= 15 is 0 Å². The molecule has 1 aliphatic rings. The van der Waals surface area contributed by atoms with Crippen LogP contribution in [0.2, 0.25) is 0 Å². The van der Waals surface area contributed by atoms with Gasteiger partial charge in [-0.05, 0) is 30.4 Å². The highest BCUT2D eigenvalue weighted by atomic mass is 19.1. The summed E-state index contributed by atoms with van der Waals surface area (Å²) in [6.07, 6.45) is 3.43. The lowest BCUT2D eigenvalue weighted by Gasteiger charge is -2.10. The van der Waals surface area contributed by atoms with E-state index < -0.39 is 5.60 Å². The Kier molecular flexibility index (Phi) is 2.79. The predicted molar refractivity (Wildman–Crippen MR) is 58.1 cm³/mol. The molecule has 1 aromatic rings. The lowest BCUT2D eigenvalue weighted by molar-refractivity contribution is 0.128. The van der Waals surface area contributed by atoms with Gasteiger partial charge in [0.15, 0.2) is 0 Å². The summed E-state index contributed by atoms with van der Waals surface area (Å²) in [6.45, 7) is 2.11. The smallest absolute Gasteiger partial charge is 0.126 e. The van der Waals surface area contributed by atoms with Gasteiger partial charge in [0.05, 0.1) is 5.60 Å². The molecule has 0 saturated heterocycles. The molecule has 0 amide bonds. The average molecular weight is 208 g/mol. The van der Waals surface area contributed by atoms with E-state index in [0.717, 1.165) is 19.3 Å². The van der Waals surface area contributed by atoms with E-state index in [-0.39, 0.29) is 5.82 Å². The normalized spacial score (nSPS) is 29.1. The minimum atomic E-state index is -0.627. The largest absolute Gasteiger partial charge is 0.389 e. The van der Waals surface area contributed by atoms with Crippen LogP contribution in [-0.4, -0.2) is 10.7 Å². The molecule has 0 aromatic heterocycles. The van der Waals surface area contributed by atoms with Gasteiger partial charge < -0.3 is 5.11 Å². The van der Waals surface area contributed by atoms with Gasteiger partial charge in [0.25, 0.3) is 0 Å². The second-order valence-electron chi connectivity index (χ2n) is 4.56. The Morgan fingerprint density at radius 3 is 2.87 bits per heavy atom. The molecule has 0 bridgehead atoms. The van der Waals surface area contributed by atoms with E-state index in [1.54, 1.807) is 12.1 Å². The maximum Gasteiger partial charge on any atom is 0.126 e. The third-order valence-corrected chi connectivity index (χ3v) is 3.29. The zero-order valence-electron chi connectivity index (χ0n) is 9.04. The average Bonchev–Trinajstić information content (AvgIpc) is 2.82. The minimum absolute atomic E-state index is 0.201. The molecule has 1 fully saturated rings. The maximum absolute atomic E-state index is 13.3. The van der Waals surface area contributed by atoms with Crippen LogP contribution >= 0.6 is 0 Å². The quantitative estimate of drug-likeness (QED) is 0.806. The van der Waals surface area contributed by atoms with Crippen LogP contribution in [-0.2, 0) is 6.42 Å². The molecule has 2 atom stereocenters. The summed E-state index contributed by atoms with van der Waals surface area (Å²) in [5, 5.41) is 10.1. The fourth-order valence-electron chi connectivity index (χ4n) is 2.28. The van der Waals surface area contributed by atoms with Crippen LogP contribution in [0.15, 0.2) is 24.3 Å². The maximum atomic E-state index is 13.3. The minimum Gasteiger partial charge on any atom is -0.389 e. The fourth-order valence-corrected chi connectivity index (χ4v) is 2.28. The summed E-state index contributed by atoms with van der Waals surface area (Å²) in [6, 6.07) is 6.71. The van der Waals surface area contributed by atoms with Gasteiger partial charge in [0.1, 0.15) is 5.82 Å². The Bertz CT molecular complexity index is 350. The predicted octanol–water partition coefficient (Wildman–Crippen LogP) is 2.92. The van der Waals surface area contributed by atoms with Crippen molar-refractivity contribution in [3.05, 3.63) is 35.6 Å². The summed E-state index contributed by atoms with van der Waals surface area (Å²) in [5.74, 6) is 0.176. The van der Waals surface area contributed by atoms with Crippen molar-refractivity contribution in [1.82, 2.24) is 0 Å². The standard InChI is InChI=1S/C13H17FO/c1-2-5-11-9-13(11,15)8-10-6-3-4-7-12(10)14/h3-4,6-7,11,15H,2,5,8-9H2,1H3. The molecular weight excluding hydrogens is 191 g/mol. The summed E-state index contributed by atoms with van der Waals surface area (Å²) in [4.78, 5) is 0. The van der Waals surface area contributed by atoms with E-state index in [1.807, 2.05) is 6.07 Å². The number of hydrogen-bond acceptors (Lipinski definition) is 1. The molecule has 2 rings (SSSR count). The number of hydrogen-bond donors (Lipinski definition) is 1. The van der Waals surface area contributed by atoms with Crippen LogP contribution in [0.3, 0.4) is 0 Å². The summed E-state index contributed by atoms with van der Waals surface area (Å²) in [5.41, 5.74) is 0.0108. The molecule has 0 heterocycles. The molecule has 0 radical (unpaired) electrons. The highest BCUT2D eigenvalue weighted by molar-refractivity contribution is 5.22. The van der Waals surface area contributed by atoms with Gasteiger partial charge in [-0.15, -0.1) is 0 Å². The van der Waals surface area contributed by atoms with Crippen LogP contribution in [0.5, 0.6) is 0 Å². The van der Waals surface area contributed by atoms with Crippen molar-refractivity contribution in [3.8, 4) is 0 Å². The van der Waals surface area contributed by atoms with Gasteiger partial charge in [-0.3, -0.25) is 0 Å². The van der Waals surface area contributed by atoms with Gasteiger partial charge in [-0.2, -0.15) is 0 Å². The molecule has 0 spiro atoms. The fraction of sp³-hybridized carbons (Fsp3) is 0.538. The Morgan fingerprint density at radius 1 is 1.47 bits per heavy atom. The van der Waals surface area contributed by atoms with Crippen LogP contribution in [0.25, 0.3) is 0 Å². The van der Waals surface area contributed by atoms with E-state index in [0.29, 0.717) is 17.9 Å². The van der Waals surface area contributed by atoms with Gasteiger partial charge in [-0.25, -0.2) is 4.39 Å². The Labute approximate surface area is 89.9 Å². The first kappa shape index (κ1) is 10.6. The Hall–Kier alpha value is -0.890. The van der Waals surface area contributed by atoms with E-state index in [9.17, 15) is 9.50 Å². The third kappa shape index (κ3) is 2.20. The molecule has 2 unspecified atom stereocenters. The highest BCUT2D eigenvalue weighted by Crippen LogP contribution is 2.48. The van der Waals surface area contributed by atoms with E-state index in [1.165, 1.54) is 6.07 Å². The van der Waals surface area contributed by atoms with Gasteiger partial charge >= 0.3 is 0 Å². The van der Waals surface area contributed by atoms with Crippen molar-refractivity contribution >= 4 is 0 Å². The first-order chi connectivity index (χ1) is 7.15. The van der Waals surface area contributed by atoms with Crippen LogP contribution in [0.1, 0.15) is 31.7 Å². The molecule has 0 aliphatic heterocycles. The molecule has 1 aliphatic carbocycles. The molecule has 82 valence electrons. The second kappa shape index (κ2) is 3.93. The molecular formula is C13H17FO. The van der Waals surface area contributed by atoms with Crippen molar-refractivity contribution in [1.29, 1.82) is 0 Å². The van der Waals surface area contributed by atoms with Crippen molar-refractivity contribution in [3.63, 3.8) is 0 Å². The zero-order valence-corrected chi connectivity index (χ0v) is 9.04. The van der Waals surface area contributed by atoms with E-state index in [4.69, 9.17) is 0 Å². The zero-order chi connectivity index (χ0) is 10.9. The van der Waals surface area contributed by atoms with Crippen molar-refractivity contribution in [2.24, 2.45) is 5.92 Å². The SMILES string of the molecule is CCCC1CC1(O)Cc1ccccc1F. The molecule has 1 nitrogen and oxygen atoms in total.